The van der Waals surface area contributed by atoms with Crippen LogP contribution in [0.4, 0.5) is 5.69 Å². The minimum Gasteiger partial charge on any atom is -0.497 e. The van der Waals surface area contributed by atoms with Gasteiger partial charge in [-0.15, -0.1) is 0 Å². The van der Waals surface area contributed by atoms with Crippen molar-refractivity contribution in [2.24, 2.45) is 0 Å². The SMILES string of the molecule is COc1ccc2cc([C@H](C)C(=O)Nc3cccc(Br)c3)ccc2c1. The molecule has 0 radical (unpaired) electrons. The molecule has 4 heteroatoms. The monoisotopic (exact) mass is 383 g/mol. The second-order valence-electron chi connectivity index (χ2n) is 5.69. The lowest BCUT2D eigenvalue weighted by Gasteiger charge is -2.14. The number of benzene rings is 3. The molecule has 3 aromatic rings. The van der Waals surface area contributed by atoms with Crippen LogP contribution in [0, 0.1) is 0 Å². The number of hydrogen-bond acceptors (Lipinski definition) is 2. The molecule has 24 heavy (non-hydrogen) atoms. The van der Waals surface area contributed by atoms with Crippen molar-refractivity contribution in [1.29, 1.82) is 0 Å². The zero-order valence-electron chi connectivity index (χ0n) is 13.5. The van der Waals surface area contributed by atoms with Crippen molar-refractivity contribution in [3.05, 3.63) is 70.7 Å². The number of hydrogen-bond donors (Lipinski definition) is 1. The summed E-state index contributed by atoms with van der Waals surface area (Å²) in [5.74, 6) is 0.562. The fourth-order valence-electron chi connectivity index (χ4n) is 2.61. The highest BCUT2D eigenvalue weighted by atomic mass is 79.9. The van der Waals surface area contributed by atoms with E-state index in [1.165, 1.54) is 0 Å². The first-order valence-corrected chi connectivity index (χ1v) is 8.50. The fraction of sp³-hybridized carbons (Fsp3) is 0.150. The molecule has 3 aromatic carbocycles. The minimum atomic E-state index is -0.240. The lowest BCUT2D eigenvalue weighted by molar-refractivity contribution is -0.117. The van der Waals surface area contributed by atoms with Gasteiger partial charge in [-0.05, 0) is 53.6 Å². The molecule has 0 bridgehead atoms. The standard InChI is InChI=1S/C20H18BrNO2/c1-13(20(23)22-18-5-3-4-17(21)12-18)14-6-7-16-11-19(24-2)9-8-15(16)10-14/h3-13H,1-2H3,(H,22,23)/t13-/m0/s1. The van der Waals surface area contributed by atoms with Gasteiger partial charge in [0.1, 0.15) is 5.75 Å². The summed E-state index contributed by atoms with van der Waals surface area (Å²) in [5, 5.41) is 5.15. The van der Waals surface area contributed by atoms with Crippen molar-refractivity contribution in [3.63, 3.8) is 0 Å². The minimum absolute atomic E-state index is 0.0269. The summed E-state index contributed by atoms with van der Waals surface area (Å²) in [6.07, 6.45) is 0. The van der Waals surface area contributed by atoms with Crippen LogP contribution >= 0.6 is 15.9 Å². The van der Waals surface area contributed by atoms with Crippen LogP contribution in [0.5, 0.6) is 5.75 Å². The third-order valence-corrected chi connectivity index (χ3v) is 4.55. The smallest absolute Gasteiger partial charge is 0.231 e. The number of anilines is 1. The number of fused-ring (bicyclic) bond motifs is 1. The molecule has 1 N–H and O–H groups in total. The van der Waals surface area contributed by atoms with E-state index in [2.05, 4.69) is 27.3 Å². The molecular weight excluding hydrogens is 366 g/mol. The van der Waals surface area contributed by atoms with E-state index >= 15 is 0 Å². The van der Waals surface area contributed by atoms with Gasteiger partial charge in [-0.3, -0.25) is 4.79 Å². The molecule has 3 nitrogen and oxygen atoms in total. The zero-order valence-corrected chi connectivity index (χ0v) is 15.1. The lowest BCUT2D eigenvalue weighted by atomic mass is 9.97. The van der Waals surface area contributed by atoms with Gasteiger partial charge >= 0.3 is 0 Å². The molecule has 0 aromatic heterocycles. The molecule has 0 heterocycles. The Balaban J connectivity index is 1.82. The van der Waals surface area contributed by atoms with E-state index in [4.69, 9.17) is 4.74 Å². The van der Waals surface area contributed by atoms with E-state index < -0.39 is 0 Å². The molecule has 0 aliphatic heterocycles. The summed E-state index contributed by atoms with van der Waals surface area (Å²) < 4.78 is 6.18. The Labute approximate surface area is 149 Å². The Morgan fingerprint density at radius 2 is 1.79 bits per heavy atom. The zero-order chi connectivity index (χ0) is 17.1. The molecule has 0 unspecified atom stereocenters. The van der Waals surface area contributed by atoms with Gasteiger partial charge in [-0.2, -0.15) is 0 Å². The van der Waals surface area contributed by atoms with Crippen molar-refractivity contribution in [2.45, 2.75) is 12.8 Å². The van der Waals surface area contributed by atoms with Crippen LogP contribution in [0.25, 0.3) is 10.8 Å². The second kappa shape index (κ2) is 7.05. The summed E-state index contributed by atoms with van der Waals surface area (Å²) in [6.45, 7) is 1.91. The van der Waals surface area contributed by atoms with E-state index in [-0.39, 0.29) is 11.8 Å². The van der Waals surface area contributed by atoms with Gasteiger partial charge in [0.05, 0.1) is 13.0 Å². The average Bonchev–Trinajstić information content (AvgIpc) is 2.60. The molecule has 1 atom stereocenters. The molecule has 0 saturated heterocycles. The van der Waals surface area contributed by atoms with E-state index in [0.29, 0.717) is 0 Å². The summed E-state index contributed by atoms with van der Waals surface area (Å²) in [6, 6.07) is 19.6. The Kier molecular flexibility index (Phi) is 4.86. The van der Waals surface area contributed by atoms with Crippen molar-refractivity contribution in [1.82, 2.24) is 0 Å². The Bertz CT molecular complexity index is 892. The van der Waals surface area contributed by atoms with Gasteiger partial charge in [0.15, 0.2) is 0 Å². The maximum Gasteiger partial charge on any atom is 0.231 e. The van der Waals surface area contributed by atoms with Crippen LogP contribution in [0.15, 0.2) is 65.1 Å². The normalized spacial score (nSPS) is 12.0. The van der Waals surface area contributed by atoms with Crippen molar-refractivity contribution >= 4 is 38.3 Å². The van der Waals surface area contributed by atoms with Crippen molar-refractivity contribution < 1.29 is 9.53 Å². The van der Waals surface area contributed by atoms with Crippen molar-refractivity contribution in [2.75, 3.05) is 12.4 Å². The van der Waals surface area contributed by atoms with Gasteiger partial charge in [0.2, 0.25) is 5.91 Å². The first-order chi connectivity index (χ1) is 11.6. The van der Waals surface area contributed by atoms with E-state index in [1.807, 2.05) is 61.5 Å². The molecule has 0 saturated carbocycles. The van der Waals surface area contributed by atoms with Crippen LogP contribution in [-0.4, -0.2) is 13.0 Å². The summed E-state index contributed by atoms with van der Waals surface area (Å²) >= 11 is 3.41. The van der Waals surface area contributed by atoms with Gasteiger partial charge < -0.3 is 10.1 Å². The lowest BCUT2D eigenvalue weighted by Crippen LogP contribution is -2.18. The molecule has 1 amide bonds. The number of rotatable bonds is 4. The quantitative estimate of drug-likeness (QED) is 0.658. The van der Waals surface area contributed by atoms with Crippen LogP contribution in [-0.2, 0) is 4.79 Å². The fourth-order valence-corrected chi connectivity index (χ4v) is 3.01. The number of carbonyl (C=O) groups is 1. The molecule has 0 aliphatic rings. The van der Waals surface area contributed by atoms with Gasteiger partial charge in [0, 0.05) is 10.2 Å². The third kappa shape index (κ3) is 3.60. The number of amides is 1. The summed E-state index contributed by atoms with van der Waals surface area (Å²) in [7, 11) is 1.66. The van der Waals surface area contributed by atoms with Gasteiger partial charge in [-0.1, -0.05) is 46.3 Å². The molecule has 0 spiro atoms. The van der Waals surface area contributed by atoms with Crippen LogP contribution in [0.1, 0.15) is 18.4 Å². The first-order valence-electron chi connectivity index (χ1n) is 7.71. The maximum absolute atomic E-state index is 12.5. The third-order valence-electron chi connectivity index (χ3n) is 4.06. The van der Waals surface area contributed by atoms with E-state index in [0.717, 1.165) is 32.2 Å². The van der Waals surface area contributed by atoms with Crippen molar-refractivity contribution in [3.8, 4) is 5.75 Å². The topological polar surface area (TPSA) is 38.3 Å². The first kappa shape index (κ1) is 16.5. The molecule has 122 valence electrons. The highest BCUT2D eigenvalue weighted by Crippen LogP contribution is 2.26. The second-order valence-corrected chi connectivity index (χ2v) is 6.61. The molecular formula is C20H18BrNO2. The predicted octanol–water partition coefficient (Wildman–Crippen LogP) is 5.35. The van der Waals surface area contributed by atoms with Crippen LogP contribution in [0.2, 0.25) is 0 Å². The highest BCUT2D eigenvalue weighted by Gasteiger charge is 2.16. The number of nitrogens with one attached hydrogen (secondary N) is 1. The van der Waals surface area contributed by atoms with E-state index in [9.17, 15) is 4.79 Å². The van der Waals surface area contributed by atoms with Crippen LogP contribution in [0.3, 0.4) is 0 Å². The van der Waals surface area contributed by atoms with E-state index in [1.54, 1.807) is 7.11 Å². The molecule has 3 rings (SSSR count). The number of halogens is 1. The van der Waals surface area contributed by atoms with Gasteiger partial charge in [-0.25, -0.2) is 0 Å². The maximum atomic E-state index is 12.5. The Hall–Kier alpha value is -2.33. The van der Waals surface area contributed by atoms with Crippen LogP contribution < -0.4 is 10.1 Å². The Morgan fingerprint density at radius 3 is 2.54 bits per heavy atom. The average molecular weight is 384 g/mol. The largest absolute Gasteiger partial charge is 0.497 e. The number of carbonyl (C=O) groups excluding carboxylic acids is 1. The highest BCUT2D eigenvalue weighted by molar-refractivity contribution is 9.10. The summed E-state index contributed by atoms with van der Waals surface area (Å²) in [4.78, 5) is 12.5. The number of methoxy groups -OCH3 is 1. The molecule has 0 fully saturated rings. The summed E-state index contributed by atoms with van der Waals surface area (Å²) in [5.41, 5.74) is 1.77. The molecule has 0 aliphatic carbocycles. The van der Waals surface area contributed by atoms with Gasteiger partial charge in [0.25, 0.3) is 0 Å². The predicted molar refractivity (Wildman–Crippen MR) is 102 cm³/mol. The number of ether oxygens (including phenoxy) is 1. The Morgan fingerprint density at radius 1 is 1.04 bits per heavy atom.